The average molecular weight is 448 g/mol. The fourth-order valence-corrected chi connectivity index (χ4v) is 5.58. The van der Waals surface area contributed by atoms with Gasteiger partial charge >= 0.3 is 0 Å². The largest absolute Gasteiger partial charge is 0.320 e. The van der Waals surface area contributed by atoms with E-state index < -0.39 is 34.0 Å². The van der Waals surface area contributed by atoms with Gasteiger partial charge in [0.25, 0.3) is 5.69 Å². The number of fused-ring (bicyclic) bond motifs is 3. The van der Waals surface area contributed by atoms with Gasteiger partial charge in [0.05, 0.1) is 16.5 Å². The second-order valence-corrected chi connectivity index (χ2v) is 9.03. The summed E-state index contributed by atoms with van der Waals surface area (Å²) in [5.41, 5.74) is 2.45. The van der Waals surface area contributed by atoms with Crippen LogP contribution >= 0.6 is 0 Å². The summed E-state index contributed by atoms with van der Waals surface area (Å²) in [6.45, 7) is 0. The molecule has 3 amide bonds. The quantitative estimate of drug-likeness (QED) is 0.420. The lowest BCUT2D eigenvalue weighted by molar-refractivity contribution is -0.383. The predicted molar refractivity (Wildman–Crippen MR) is 118 cm³/mol. The van der Waals surface area contributed by atoms with Crippen LogP contribution in [0.5, 0.6) is 0 Å². The third-order valence-corrected chi connectivity index (χ3v) is 7.14. The van der Waals surface area contributed by atoms with Crippen molar-refractivity contribution in [3.63, 3.8) is 0 Å². The number of carbonyl (C=O) groups excluding carboxylic acids is 3. The Balaban J connectivity index is 1.49. The monoisotopic (exact) mass is 448 g/mol. The number of amides is 3. The number of aryl methyl sites for hydroxylation is 3. The van der Waals surface area contributed by atoms with Crippen LogP contribution in [0.1, 0.15) is 54.6 Å². The fraction of sp³-hybridized carbons (Fsp3) is 0.417. The molecule has 170 valence electrons. The molecule has 1 fully saturated rings. The number of nitro benzene ring substituents is 1. The molecule has 1 aromatic heterocycles. The van der Waals surface area contributed by atoms with Gasteiger partial charge in [0.2, 0.25) is 17.7 Å². The van der Waals surface area contributed by atoms with Crippen LogP contribution in [0.4, 0.5) is 11.4 Å². The number of aromatic nitrogens is 1. The lowest BCUT2D eigenvalue weighted by Gasteiger charge is -2.37. The Bertz CT molecular complexity index is 1190. The van der Waals surface area contributed by atoms with E-state index in [1.165, 1.54) is 23.8 Å². The molecule has 0 unspecified atom stereocenters. The zero-order valence-corrected chi connectivity index (χ0v) is 18.1. The van der Waals surface area contributed by atoms with Crippen molar-refractivity contribution in [3.8, 4) is 0 Å². The number of carbonyl (C=O) groups is 3. The second kappa shape index (κ2) is 8.06. The molecule has 1 spiro atoms. The average Bonchev–Trinajstić information content (AvgIpc) is 3.02. The van der Waals surface area contributed by atoms with Crippen LogP contribution in [-0.4, -0.2) is 27.6 Å². The van der Waals surface area contributed by atoms with Gasteiger partial charge in [-0.2, -0.15) is 0 Å². The summed E-state index contributed by atoms with van der Waals surface area (Å²) in [5.74, 6) is -2.37. The van der Waals surface area contributed by atoms with Gasteiger partial charge in [-0.15, -0.1) is 0 Å². The Morgan fingerprint density at radius 3 is 2.73 bits per heavy atom. The molecule has 9 nitrogen and oxygen atoms in total. The van der Waals surface area contributed by atoms with Crippen molar-refractivity contribution in [2.75, 3.05) is 5.32 Å². The summed E-state index contributed by atoms with van der Waals surface area (Å²) in [5, 5.41) is 16.3. The van der Waals surface area contributed by atoms with Gasteiger partial charge in [0, 0.05) is 18.2 Å². The number of nitro groups is 1. The summed E-state index contributed by atoms with van der Waals surface area (Å²) in [7, 11) is 0. The number of anilines is 1. The van der Waals surface area contributed by atoms with Crippen molar-refractivity contribution < 1.29 is 19.3 Å². The molecule has 5 rings (SSSR count). The highest BCUT2D eigenvalue weighted by Gasteiger charge is 2.59. The Hall–Kier alpha value is -3.62. The minimum absolute atomic E-state index is 0.0579. The molecule has 2 aromatic rings. The van der Waals surface area contributed by atoms with E-state index in [0.717, 1.165) is 49.8 Å². The molecule has 1 aromatic carbocycles. The predicted octanol–water partition coefficient (Wildman–Crippen LogP) is 2.74. The summed E-state index contributed by atoms with van der Waals surface area (Å²) in [6.07, 6.45) is 5.65. The first-order valence-corrected chi connectivity index (χ1v) is 11.3. The molecule has 1 saturated heterocycles. The van der Waals surface area contributed by atoms with Crippen LogP contribution in [0.2, 0.25) is 0 Å². The molecular weight excluding hydrogens is 424 g/mol. The van der Waals surface area contributed by atoms with Gasteiger partial charge in [0.1, 0.15) is 11.1 Å². The van der Waals surface area contributed by atoms with Crippen molar-refractivity contribution in [1.82, 2.24) is 10.3 Å². The summed E-state index contributed by atoms with van der Waals surface area (Å²) >= 11 is 0. The summed E-state index contributed by atoms with van der Waals surface area (Å²) in [4.78, 5) is 54.6. The number of hydrogen-bond donors (Lipinski definition) is 2. The van der Waals surface area contributed by atoms with Crippen LogP contribution in [0.15, 0.2) is 30.3 Å². The number of rotatable bonds is 4. The van der Waals surface area contributed by atoms with Gasteiger partial charge < -0.3 is 5.32 Å². The Morgan fingerprint density at radius 2 is 1.91 bits per heavy atom. The first kappa shape index (κ1) is 21.2. The highest BCUT2D eigenvalue weighted by Crippen LogP contribution is 2.47. The lowest BCUT2D eigenvalue weighted by Crippen LogP contribution is -2.45. The number of pyridine rings is 1. The molecule has 1 aliphatic heterocycles. The van der Waals surface area contributed by atoms with Gasteiger partial charge in [-0.25, -0.2) is 0 Å². The van der Waals surface area contributed by atoms with E-state index in [1.807, 2.05) is 0 Å². The van der Waals surface area contributed by atoms with E-state index in [9.17, 15) is 24.5 Å². The molecule has 33 heavy (non-hydrogen) atoms. The molecule has 2 N–H and O–H groups in total. The maximum absolute atomic E-state index is 13.2. The van der Waals surface area contributed by atoms with Gasteiger partial charge in [-0.3, -0.25) is 34.8 Å². The number of nitrogens with zero attached hydrogens (tertiary/aromatic N) is 2. The smallest absolute Gasteiger partial charge is 0.292 e. The topological polar surface area (TPSA) is 131 Å². The van der Waals surface area contributed by atoms with Crippen molar-refractivity contribution in [2.45, 2.75) is 56.8 Å². The van der Waals surface area contributed by atoms with Crippen LogP contribution in [0, 0.1) is 16.0 Å². The molecule has 2 atom stereocenters. The molecule has 0 bridgehead atoms. The normalized spacial score (nSPS) is 23.6. The van der Waals surface area contributed by atoms with E-state index in [1.54, 1.807) is 6.07 Å². The SMILES string of the molecule is O=C(C[C@@H]1C(=O)NC(=O)[C@@]12CCCc1cc3c(nc12)CCCC3)Nc1ccccc1[N+](=O)[O-]. The zero-order valence-electron chi connectivity index (χ0n) is 18.1. The molecule has 3 aliphatic rings. The van der Waals surface area contributed by atoms with Crippen LogP contribution < -0.4 is 10.6 Å². The number of nitrogens with one attached hydrogen (secondary N) is 2. The van der Waals surface area contributed by atoms with Crippen LogP contribution in [0.3, 0.4) is 0 Å². The van der Waals surface area contributed by atoms with Crippen molar-refractivity contribution in [3.05, 3.63) is 63.0 Å². The minimum atomic E-state index is -1.18. The van der Waals surface area contributed by atoms with Crippen LogP contribution in [-0.2, 0) is 39.1 Å². The number of hydrogen-bond acceptors (Lipinski definition) is 6. The maximum atomic E-state index is 13.2. The summed E-state index contributed by atoms with van der Waals surface area (Å²) in [6, 6.07) is 7.97. The van der Waals surface area contributed by atoms with E-state index >= 15 is 0 Å². The van der Waals surface area contributed by atoms with E-state index in [4.69, 9.17) is 4.98 Å². The van der Waals surface area contributed by atoms with E-state index in [2.05, 4.69) is 16.7 Å². The third kappa shape index (κ3) is 3.48. The number of imide groups is 1. The minimum Gasteiger partial charge on any atom is -0.320 e. The molecule has 0 saturated carbocycles. The Labute approximate surface area is 190 Å². The van der Waals surface area contributed by atoms with Gasteiger partial charge in [-0.1, -0.05) is 18.2 Å². The van der Waals surface area contributed by atoms with Crippen molar-refractivity contribution >= 4 is 29.1 Å². The molecule has 0 radical (unpaired) electrons. The summed E-state index contributed by atoms with van der Waals surface area (Å²) < 4.78 is 0. The number of benzene rings is 1. The van der Waals surface area contributed by atoms with Gasteiger partial charge in [-0.05, 0) is 62.1 Å². The zero-order chi connectivity index (χ0) is 23.2. The first-order chi connectivity index (χ1) is 15.9. The molecule has 2 heterocycles. The third-order valence-electron chi connectivity index (χ3n) is 7.14. The highest BCUT2D eigenvalue weighted by molar-refractivity contribution is 6.12. The van der Waals surface area contributed by atoms with E-state index in [-0.39, 0.29) is 17.8 Å². The van der Waals surface area contributed by atoms with Crippen molar-refractivity contribution in [1.29, 1.82) is 0 Å². The maximum Gasteiger partial charge on any atom is 0.292 e. The van der Waals surface area contributed by atoms with Crippen molar-refractivity contribution in [2.24, 2.45) is 5.92 Å². The fourth-order valence-electron chi connectivity index (χ4n) is 5.58. The molecule has 2 aliphatic carbocycles. The van der Waals surface area contributed by atoms with Gasteiger partial charge in [0.15, 0.2) is 0 Å². The lowest BCUT2D eigenvalue weighted by atomic mass is 9.64. The number of para-hydroxylation sites is 2. The second-order valence-electron chi connectivity index (χ2n) is 9.03. The standard InChI is InChI=1S/C24H24N4O5/c29-20(25-18-9-3-4-10-19(18)28(32)33)13-16-22(30)27-23(31)24(16)11-5-7-15-12-14-6-1-2-8-17(14)26-21(15)24/h3-4,9-10,12,16H,1-2,5-8,11,13H2,(H,25,29)(H,27,30,31)/t16-,24+/m1/s1. The highest BCUT2D eigenvalue weighted by atomic mass is 16.6. The Morgan fingerprint density at radius 1 is 1.15 bits per heavy atom. The molecule has 9 heteroatoms. The molecular formula is C24H24N4O5. The first-order valence-electron chi connectivity index (χ1n) is 11.3. The van der Waals surface area contributed by atoms with Crippen LogP contribution in [0.25, 0.3) is 0 Å². The Kier molecular flexibility index (Phi) is 5.19. The van der Waals surface area contributed by atoms with E-state index in [0.29, 0.717) is 12.1 Å².